The second-order valence-corrected chi connectivity index (χ2v) is 5.08. The molecule has 0 aromatic heterocycles. The number of halogens is 1. The first kappa shape index (κ1) is 14.5. The molecule has 0 spiro atoms. The molecule has 0 aliphatic heterocycles. The van der Waals surface area contributed by atoms with Gasteiger partial charge in [-0.15, -0.1) is 0 Å². The molecule has 0 bridgehead atoms. The normalized spacial score (nSPS) is 12.5. The van der Waals surface area contributed by atoms with E-state index in [-0.39, 0.29) is 0 Å². The first-order valence-corrected chi connectivity index (χ1v) is 6.59. The number of methoxy groups -OCH3 is 1. The molecule has 0 fully saturated rings. The molecule has 0 aliphatic carbocycles. The van der Waals surface area contributed by atoms with Gasteiger partial charge in [-0.2, -0.15) is 0 Å². The zero-order valence-corrected chi connectivity index (χ0v) is 12.3. The molecule has 4 heteroatoms. The Morgan fingerprint density at radius 1 is 1.47 bits per heavy atom. The molecule has 0 heterocycles. The lowest BCUT2D eigenvalue weighted by atomic mass is 10.1. The van der Waals surface area contributed by atoms with Crippen LogP contribution in [0, 0.1) is 0 Å². The van der Waals surface area contributed by atoms with Crippen LogP contribution >= 0.6 is 15.9 Å². The van der Waals surface area contributed by atoms with Crippen molar-refractivity contribution in [3.63, 3.8) is 0 Å². The van der Waals surface area contributed by atoms with E-state index in [9.17, 15) is 0 Å². The highest BCUT2D eigenvalue weighted by molar-refractivity contribution is 9.10. The molecular weight excluding hydrogens is 280 g/mol. The van der Waals surface area contributed by atoms with Gasteiger partial charge in [0.15, 0.2) is 0 Å². The van der Waals surface area contributed by atoms with E-state index in [0.29, 0.717) is 12.6 Å². The predicted molar refractivity (Wildman–Crippen MR) is 76.6 cm³/mol. The van der Waals surface area contributed by atoms with Crippen LogP contribution in [0.5, 0.6) is 0 Å². The van der Waals surface area contributed by atoms with Crippen LogP contribution in [-0.2, 0) is 11.2 Å². The maximum absolute atomic E-state index is 5.57. The Balaban J connectivity index is 2.81. The third-order valence-electron chi connectivity index (χ3n) is 2.93. The van der Waals surface area contributed by atoms with Crippen molar-refractivity contribution < 1.29 is 4.74 Å². The fourth-order valence-corrected chi connectivity index (χ4v) is 2.29. The predicted octanol–water partition coefficient (Wildman–Crippen LogP) is 2.42. The number of ether oxygens (including phenoxy) is 1. The average Bonchev–Trinajstić information content (AvgIpc) is 2.31. The molecule has 0 radical (unpaired) electrons. The van der Waals surface area contributed by atoms with E-state index in [2.05, 4.69) is 53.0 Å². The van der Waals surface area contributed by atoms with Gasteiger partial charge in [-0.05, 0) is 37.6 Å². The van der Waals surface area contributed by atoms with Gasteiger partial charge in [0, 0.05) is 30.4 Å². The van der Waals surface area contributed by atoms with Crippen molar-refractivity contribution in [3.05, 3.63) is 28.2 Å². The maximum Gasteiger partial charge on any atom is 0.0663 e. The number of likely N-dealkylation sites (N-methyl/N-ethyl adjacent to an activating group) is 1. The van der Waals surface area contributed by atoms with E-state index in [1.807, 2.05) is 0 Å². The van der Waals surface area contributed by atoms with Crippen LogP contribution in [0.2, 0.25) is 0 Å². The summed E-state index contributed by atoms with van der Waals surface area (Å²) in [5.74, 6) is 0. The number of hydrogen-bond acceptors (Lipinski definition) is 3. The third-order valence-corrected chi connectivity index (χ3v) is 3.66. The summed E-state index contributed by atoms with van der Waals surface area (Å²) in [6, 6.07) is 6.74. The number of nitrogens with zero attached hydrogens (tertiary/aromatic N) is 1. The van der Waals surface area contributed by atoms with Gasteiger partial charge in [-0.3, -0.25) is 0 Å². The van der Waals surface area contributed by atoms with E-state index in [1.165, 1.54) is 11.3 Å². The summed E-state index contributed by atoms with van der Waals surface area (Å²) < 4.78 is 6.29. The smallest absolute Gasteiger partial charge is 0.0663 e. The van der Waals surface area contributed by atoms with Crippen LogP contribution < -0.4 is 10.6 Å². The molecule has 0 aliphatic rings. The quantitative estimate of drug-likeness (QED) is 0.877. The summed E-state index contributed by atoms with van der Waals surface area (Å²) in [7, 11) is 3.80. The van der Waals surface area contributed by atoms with Crippen molar-refractivity contribution >= 4 is 21.6 Å². The van der Waals surface area contributed by atoms with Gasteiger partial charge >= 0.3 is 0 Å². The van der Waals surface area contributed by atoms with Gasteiger partial charge in [-0.25, -0.2) is 0 Å². The lowest BCUT2D eigenvalue weighted by Crippen LogP contribution is -2.32. The van der Waals surface area contributed by atoms with Gasteiger partial charge < -0.3 is 15.4 Å². The Kier molecular flexibility index (Phi) is 5.95. The molecule has 1 unspecified atom stereocenters. The van der Waals surface area contributed by atoms with Gasteiger partial charge in [0.25, 0.3) is 0 Å². The molecule has 1 aromatic carbocycles. The minimum atomic E-state index is 0.354. The number of benzene rings is 1. The molecule has 1 aromatic rings. The van der Waals surface area contributed by atoms with Crippen molar-refractivity contribution in [1.29, 1.82) is 0 Å². The summed E-state index contributed by atoms with van der Waals surface area (Å²) in [6.07, 6.45) is 0.901. The van der Waals surface area contributed by atoms with Crippen LogP contribution in [0.25, 0.3) is 0 Å². The van der Waals surface area contributed by atoms with E-state index < -0.39 is 0 Å². The van der Waals surface area contributed by atoms with Crippen LogP contribution in [0.15, 0.2) is 22.7 Å². The molecule has 1 atom stereocenters. The lowest BCUT2D eigenvalue weighted by Gasteiger charge is -2.27. The minimum Gasteiger partial charge on any atom is -0.383 e. The molecule has 17 heavy (non-hydrogen) atoms. The van der Waals surface area contributed by atoms with Gasteiger partial charge in [0.1, 0.15) is 0 Å². The number of rotatable bonds is 6. The molecular formula is C13H21BrN2O. The fraction of sp³-hybridized carbons (Fsp3) is 0.538. The highest BCUT2D eigenvalue weighted by Gasteiger charge is 2.11. The molecule has 3 nitrogen and oxygen atoms in total. The zero-order chi connectivity index (χ0) is 12.8. The maximum atomic E-state index is 5.57. The Hall–Kier alpha value is -0.580. The highest BCUT2D eigenvalue weighted by Crippen LogP contribution is 2.24. The standard InChI is InChI=1S/C13H21BrN2O/c1-10(9-17-3)16(2)12-5-4-11(6-7-15)13(14)8-12/h4-5,8,10H,6-7,9,15H2,1-3H3. The second-order valence-electron chi connectivity index (χ2n) is 4.23. The topological polar surface area (TPSA) is 38.5 Å². The molecule has 0 amide bonds. The summed E-state index contributed by atoms with van der Waals surface area (Å²) in [6.45, 7) is 3.54. The third kappa shape index (κ3) is 3.98. The van der Waals surface area contributed by atoms with Crippen molar-refractivity contribution in [2.24, 2.45) is 5.73 Å². The van der Waals surface area contributed by atoms with Gasteiger partial charge in [0.05, 0.1) is 6.61 Å². The first-order valence-electron chi connectivity index (χ1n) is 5.80. The van der Waals surface area contributed by atoms with E-state index >= 15 is 0 Å². The Morgan fingerprint density at radius 2 is 2.18 bits per heavy atom. The van der Waals surface area contributed by atoms with E-state index in [1.54, 1.807) is 7.11 Å². The minimum absolute atomic E-state index is 0.354. The van der Waals surface area contributed by atoms with E-state index in [4.69, 9.17) is 10.5 Å². The van der Waals surface area contributed by atoms with E-state index in [0.717, 1.165) is 17.5 Å². The molecule has 2 N–H and O–H groups in total. The number of nitrogens with two attached hydrogens (primary N) is 1. The average molecular weight is 301 g/mol. The van der Waals surface area contributed by atoms with Gasteiger partial charge in [-0.1, -0.05) is 22.0 Å². The van der Waals surface area contributed by atoms with Crippen LogP contribution in [0.1, 0.15) is 12.5 Å². The Morgan fingerprint density at radius 3 is 2.71 bits per heavy atom. The first-order chi connectivity index (χ1) is 8.10. The van der Waals surface area contributed by atoms with Crippen molar-refractivity contribution in [2.75, 3.05) is 32.2 Å². The Bertz CT molecular complexity index is 357. The highest BCUT2D eigenvalue weighted by atomic mass is 79.9. The van der Waals surface area contributed by atoms with Crippen molar-refractivity contribution in [2.45, 2.75) is 19.4 Å². The van der Waals surface area contributed by atoms with Gasteiger partial charge in [0.2, 0.25) is 0 Å². The molecule has 1 rings (SSSR count). The largest absolute Gasteiger partial charge is 0.383 e. The summed E-state index contributed by atoms with van der Waals surface area (Å²) in [4.78, 5) is 2.21. The number of hydrogen-bond donors (Lipinski definition) is 1. The zero-order valence-electron chi connectivity index (χ0n) is 10.7. The summed E-state index contributed by atoms with van der Waals surface area (Å²) in [5, 5.41) is 0. The second kappa shape index (κ2) is 6.99. The summed E-state index contributed by atoms with van der Waals surface area (Å²) in [5.41, 5.74) is 8.00. The van der Waals surface area contributed by atoms with Crippen LogP contribution in [-0.4, -0.2) is 33.4 Å². The molecule has 0 saturated carbocycles. The monoisotopic (exact) mass is 300 g/mol. The summed E-state index contributed by atoms with van der Waals surface area (Å²) >= 11 is 3.59. The number of anilines is 1. The molecule has 0 saturated heterocycles. The fourth-order valence-electron chi connectivity index (χ4n) is 1.72. The van der Waals surface area contributed by atoms with Crippen molar-refractivity contribution in [1.82, 2.24) is 0 Å². The van der Waals surface area contributed by atoms with Crippen LogP contribution in [0.3, 0.4) is 0 Å². The lowest BCUT2D eigenvalue weighted by molar-refractivity contribution is 0.183. The van der Waals surface area contributed by atoms with Crippen LogP contribution in [0.4, 0.5) is 5.69 Å². The Labute approximate surface area is 112 Å². The SMILES string of the molecule is COCC(C)N(C)c1ccc(CCN)c(Br)c1. The molecule has 96 valence electrons. The van der Waals surface area contributed by atoms with Crippen molar-refractivity contribution in [3.8, 4) is 0 Å².